The molecular formula is C9H16O4. The molecular weight excluding hydrogens is 172 g/mol. The molecule has 0 radical (unpaired) electrons. The largest absolute Gasteiger partial charge is 0.376 e. The van der Waals surface area contributed by atoms with E-state index in [2.05, 4.69) is 6.92 Å². The van der Waals surface area contributed by atoms with Gasteiger partial charge in [0.25, 0.3) is 0 Å². The molecule has 3 heterocycles. The zero-order valence-corrected chi connectivity index (χ0v) is 7.90. The monoisotopic (exact) mass is 188 g/mol. The highest BCUT2D eigenvalue weighted by Gasteiger charge is 2.26. The molecule has 4 nitrogen and oxygen atoms in total. The van der Waals surface area contributed by atoms with Crippen LogP contribution in [0.3, 0.4) is 0 Å². The molecule has 3 saturated heterocycles. The van der Waals surface area contributed by atoms with Crippen LogP contribution < -0.4 is 0 Å². The third-order valence-corrected chi connectivity index (χ3v) is 1.91. The highest BCUT2D eigenvalue weighted by atomic mass is 16.6. The summed E-state index contributed by atoms with van der Waals surface area (Å²) >= 11 is 0. The molecule has 0 N–H and O–H groups in total. The van der Waals surface area contributed by atoms with E-state index in [-0.39, 0.29) is 0 Å². The Morgan fingerprint density at radius 2 is 1.38 bits per heavy atom. The molecule has 0 saturated carbocycles. The van der Waals surface area contributed by atoms with Crippen LogP contribution in [0, 0.1) is 0 Å². The Bertz CT molecular complexity index is 138. The summed E-state index contributed by atoms with van der Waals surface area (Å²) in [5, 5.41) is 0. The molecule has 0 aromatic heterocycles. The second-order valence-electron chi connectivity index (χ2n) is 3.59. The third-order valence-electron chi connectivity index (χ3n) is 1.91. The number of ether oxygens (including phenoxy) is 4. The fourth-order valence-electron chi connectivity index (χ4n) is 0.756. The van der Waals surface area contributed by atoms with Crippen LogP contribution >= 0.6 is 0 Å². The molecule has 3 unspecified atom stereocenters. The minimum atomic E-state index is 0.392. The predicted molar refractivity (Wildman–Crippen MR) is 45.7 cm³/mol. The zero-order chi connectivity index (χ0) is 9.10. The van der Waals surface area contributed by atoms with E-state index in [1.54, 1.807) is 0 Å². The Morgan fingerprint density at radius 1 is 1.00 bits per heavy atom. The van der Waals surface area contributed by atoms with Gasteiger partial charge in [0.05, 0.1) is 39.1 Å². The van der Waals surface area contributed by atoms with E-state index in [9.17, 15) is 0 Å². The number of epoxide rings is 3. The summed E-state index contributed by atoms with van der Waals surface area (Å²) in [6, 6.07) is 0. The molecule has 0 amide bonds. The fraction of sp³-hybridized carbons (Fsp3) is 1.00. The van der Waals surface area contributed by atoms with E-state index in [0.717, 1.165) is 33.0 Å². The molecule has 0 spiro atoms. The van der Waals surface area contributed by atoms with Crippen LogP contribution in [0.4, 0.5) is 0 Å². The highest BCUT2D eigenvalue weighted by Crippen LogP contribution is 2.12. The lowest BCUT2D eigenvalue weighted by atomic mass is 10.5. The third kappa shape index (κ3) is 5.21. The predicted octanol–water partition coefficient (Wildman–Crippen LogP) is 0.206. The van der Waals surface area contributed by atoms with Crippen molar-refractivity contribution in [3.63, 3.8) is 0 Å². The van der Waals surface area contributed by atoms with Gasteiger partial charge in [-0.2, -0.15) is 0 Å². The number of rotatable bonds is 4. The quantitative estimate of drug-likeness (QED) is 0.591. The average molecular weight is 188 g/mol. The van der Waals surface area contributed by atoms with Crippen LogP contribution in [0.15, 0.2) is 0 Å². The Kier molecular flexibility index (Phi) is 3.16. The Balaban J connectivity index is 0.000000137. The summed E-state index contributed by atoms with van der Waals surface area (Å²) < 4.78 is 19.8. The summed E-state index contributed by atoms with van der Waals surface area (Å²) in [5.41, 5.74) is 0. The lowest BCUT2D eigenvalue weighted by Gasteiger charge is -1.95. The Hall–Kier alpha value is -0.160. The SMILES string of the molecule is C(OCC1CO1)C1CO1.CC1CO1. The minimum absolute atomic E-state index is 0.392. The molecule has 0 aromatic rings. The van der Waals surface area contributed by atoms with E-state index < -0.39 is 0 Å². The molecule has 3 atom stereocenters. The van der Waals surface area contributed by atoms with Gasteiger partial charge < -0.3 is 18.9 Å². The molecule has 3 aliphatic heterocycles. The first-order valence-corrected chi connectivity index (χ1v) is 4.77. The van der Waals surface area contributed by atoms with Gasteiger partial charge >= 0.3 is 0 Å². The maximum atomic E-state index is 5.23. The van der Waals surface area contributed by atoms with E-state index in [1.165, 1.54) is 0 Å². The van der Waals surface area contributed by atoms with Crippen LogP contribution in [-0.4, -0.2) is 51.3 Å². The van der Waals surface area contributed by atoms with Crippen LogP contribution in [0.1, 0.15) is 6.92 Å². The van der Waals surface area contributed by atoms with Crippen molar-refractivity contribution in [3.05, 3.63) is 0 Å². The van der Waals surface area contributed by atoms with Gasteiger partial charge in [0.2, 0.25) is 0 Å². The van der Waals surface area contributed by atoms with Crippen LogP contribution in [0.5, 0.6) is 0 Å². The lowest BCUT2D eigenvalue weighted by molar-refractivity contribution is 0.102. The molecule has 0 bridgehead atoms. The van der Waals surface area contributed by atoms with Gasteiger partial charge in [0.1, 0.15) is 12.2 Å². The summed E-state index contributed by atoms with van der Waals surface area (Å²) in [6.07, 6.45) is 1.37. The van der Waals surface area contributed by atoms with Gasteiger partial charge in [-0.15, -0.1) is 0 Å². The van der Waals surface area contributed by atoms with E-state index >= 15 is 0 Å². The minimum Gasteiger partial charge on any atom is -0.376 e. The standard InChI is InChI=1S/C6H10O3.C3H6O/c1(5-3-8-5)7-2-6-4-9-6;1-3-2-4-3/h5-6H,1-4H2;3H,2H2,1H3. The second kappa shape index (κ2) is 4.37. The summed E-state index contributed by atoms with van der Waals surface area (Å²) in [6.45, 7) is 6.30. The van der Waals surface area contributed by atoms with Gasteiger partial charge in [-0.1, -0.05) is 0 Å². The smallest absolute Gasteiger partial charge is 0.104 e. The van der Waals surface area contributed by atoms with Crippen molar-refractivity contribution in [1.29, 1.82) is 0 Å². The molecule has 3 aliphatic rings. The summed E-state index contributed by atoms with van der Waals surface area (Å²) in [5.74, 6) is 0. The van der Waals surface area contributed by atoms with Crippen LogP contribution in [0.25, 0.3) is 0 Å². The van der Waals surface area contributed by atoms with Crippen molar-refractivity contribution in [2.75, 3.05) is 33.0 Å². The molecule has 0 aromatic carbocycles. The van der Waals surface area contributed by atoms with Gasteiger partial charge in [-0.3, -0.25) is 0 Å². The van der Waals surface area contributed by atoms with E-state index in [4.69, 9.17) is 18.9 Å². The van der Waals surface area contributed by atoms with Crippen molar-refractivity contribution in [1.82, 2.24) is 0 Å². The van der Waals surface area contributed by atoms with Gasteiger partial charge in [0, 0.05) is 0 Å². The van der Waals surface area contributed by atoms with Crippen molar-refractivity contribution in [3.8, 4) is 0 Å². The first kappa shape index (κ1) is 9.40. The first-order chi connectivity index (χ1) is 6.34. The van der Waals surface area contributed by atoms with Crippen molar-refractivity contribution >= 4 is 0 Å². The maximum Gasteiger partial charge on any atom is 0.104 e. The van der Waals surface area contributed by atoms with Crippen molar-refractivity contribution in [2.45, 2.75) is 25.2 Å². The molecule has 13 heavy (non-hydrogen) atoms. The van der Waals surface area contributed by atoms with Crippen molar-refractivity contribution in [2.24, 2.45) is 0 Å². The Labute approximate surface area is 78.1 Å². The zero-order valence-electron chi connectivity index (χ0n) is 7.90. The summed E-state index contributed by atoms with van der Waals surface area (Å²) in [4.78, 5) is 0. The molecule has 0 aliphatic carbocycles. The normalized spacial score (nSPS) is 39.0. The molecule has 3 rings (SSSR count). The lowest BCUT2D eigenvalue weighted by Crippen LogP contribution is -2.06. The molecule has 3 fully saturated rings. The average Bonchev–Trinajstić information content (AvgIpc) is 2.95. The number of hydrogen-bond acceptors (Lipinski definition) is 4. The summed E-state index contributed by atoms with van der Waals surface area (Å²) in [7, 11) is 0. The van der Waals surface area contributed by atoms with Gasteiger partial charge in [-0.25, -0.2) is 0 Å². The highest BCUT2D eigenvalue weighted by molar-refractivity contribution is 4.71. The first-order valence-electron chi connectivity index (χ1n) is 4.77. The topological polar surface area (TPSA) is 46.8 Å². The fourth-order valence-corrected chi connectivity index (χ4v) is 0.756. The van der Waals surface area contributed by atoms with E-state index in [1.807, 2.05) is 0 Å². The maximum absolute atomic E-state index is 5.23. The second-order valence-corrected chi connectivity index (χ2v) is 3.59. The van der Waals surface area contributed by atoms with Gasteiger partial charge in [-0.05, 0) is 6.92 Å². The Morgan fingerprint density at radius 3 is 1.62 bits per heavy atom. The van der Waals surface area contributed by atoms with Crippen LogP contribution in [0.2, 0.25) is 0 Å². The number of hydrogen-bond donors (Lipinski definition) is 0. The van der Waals surface area contributed by atoms with E-state index in [0.29, 0.717) is 18.3 Å². The van der Waals surface area contributed by atoms with Crippen LogP contribution in [-0.2, 0) is 18.9 Å². The van der Waals surface area contributed by atoms with Gasteiger partial charge in [0.15, 0.2) is 0 Å². The van der Waals surface area contributed by atoms with Crippen molar-refractivity contribution < 1.29 is 18.9 Å². The molecule has 4 heteroatoms. The molecule has 76 valence electrons.